The molecule has 35 heavy (non-hydrogen) atoms. The third-order valence-corrected chi connectivity index (χ3v) is 18.1. The van der Waals surface area contributed by atoms with Gasteiger partial charge >= 0.3 is 5.97 Å². The molecule has 0 aromatic heterocycles. The van der Waals surface area contributed by atoms with Crippen LogP contribution in [-0.4, -0.2) is 30.9 Å². The molecule has 3 nitrogen and oxygen atoms in total. The van der Waals surface area contributed by atoms with E-state index in [9.17, 15) is 9.90 Å². The fourth-order valence-electron chi connectivity index (χ4n) is 9.56. The molecule has 0 aromatic carbocycles. The molecule has 0 amide bonds. The number of carbonyl (C=O) groups excluding carboxylic acids is 1. The standard InChI is InChI=1S/C31H58O3Si/c1-11-35(12-2,18-16-28(33)34-29(5,6)7)26-19-22(4)23-15-17-31(10)24(20-25(26)30(23,8)9)21(3)13-14-27(31)32/h21-27,32H,11-20H2,1-10H3/t21-,22-,23+,24-,25-,26?,27?,31+/m1/s1. The van der Waals surface area contributed by atoms with Crippen LogP contribution in [0.4, 0.5) is 0 Å². The number of rotatable bonds is 6. The molecule has 0 radical (unpaired) electrons. The first-order valence-corrected chi connectivity index (χ1v) is 17.7. The van der Waals surface area contributed by atoms with Gasteiger partial charge in [0.05, 0.1) is 14.2 Å². The first kappa shape index (κ1) is 29.2. The molecule has 0 saturated heterocycles. The Kier molecular flexibility index (Phi) is 8.70. The zero-order valence-corrected chi connectivity index (χ0v) is 25.9. The van der Waals surface area contributed by atoms with Gasteiger partial charge in [0, 0.05) is 6.42 Å². The van der Waals surface area contributed by atoms with Crippen LogP contribution >= 0.6 is 0 Å². The van der Waals surface area contributed by atoms with Gasteiger partial charge in [-0.2, -0.15) is 0 Å². The van der Waals surface area contributed by atoms with Crippen molar-refractivity contribution in [3.05, 3.63) is 0 Å². The van der Waals surface area contributed by atoms with Crippen LogP contribution in [0.5, 0.6) is 0 Å². The summed E-state index contributed by atoms with van der Waals surface area (Å²) in [6, 6.07) is 3.60. The van der Waals surface area contributed by atoms with Crippen molar-refractivity contribution >= 4 is 14.0 Å². The van der Waals surface area contributed by atoms with Crippen LogP contribution in [0.1, 0.15) is 114 Å². The van der Waals surface area contributed by atoms with E-state index in [1.807, 2.05) is 20.8 Å². The minimum absolute atomic E-state index is 0.00784. The van der Waals surface area contributed by atoms with Crippen molar-refractivity contribution in [2.75, 3.05) is 0 Å². The molecule has 2 bridgehead atoms. The van der Waals surface area contributed by atoms with Crippen molar-refractivity contribution < 1.29 is 14.6 Å². The highest BCUT2D eigenvalue weighted by molar-refractivity contribution is 6.81. The van der Waals surface area contributed by atoms with Gasteiger partial charge in [-0.05, 0) is 111 Å². The van der Waals surface area contributed by atoms with E-state index in [0.29, 0.717) is 29.6 Å². The van der Waals surface area contributed by atoms with Crippen LogP contribution in [0.15, 0.2) is 0 Å². The Balaban J connectivity index is 1.98. The molecule has 1 N–H and O–H groups in total. The first-order valence-electron chi connectivity index (χ1n) is 15.0. The van der Waals surface area contributed by atoms with Crippen LogP contribution < -0.4 is 0 Å². The molecule has 204 valence electrons. The smallest absolute Gasteiger partial charge is 0.306 e. The lowest BCUT2D eigenvalue weighted by molar-refractivity contribution is -0.154. The number of hydrogen-bond donors (Lipinski definition) is 1. The Morgan fingerprint density at radius 2 is 1.57 bits per heavy atom. The van der Waals surface area contributed by atoms with E-state index >= 15 is 0 Å². The highest BCUT2D eigenvalue weighted by atomic mass is 28.3. The molecule has 0 heterocycles. The molecule has 3 rings (SSSR count). The predicted molar refractivity (Wildman–Crippen MR) is 150 cm³/mol. The van der Waals surface area contributed by atoms with E-state index in [1.165, 1.54) is 44.2 Å². The number of hydrogen-bond acceptors (Lipinski definition) is 3. The maximum Gasteiger partial charge on any atom is 0.306 e. The summed E-state index contributed by atoms with van der Waals surface area (Å²) >= 11 is 0. The molecule has 4 heteroatoms. The van der Waals surface area contributed by atoms with Gasteiger partial charge in [-0.1, -0.05) is 60.6 Å². The van der Waals surface area contributed by atoms with E-state index < -0.39 is 13.7 Å². The lowest BCUT2D eigenvalue weighted by Gasteiger charge is -2.62. The van der Waals surface area contributed by atoms with Crippen molar-refractivity contribution in [3.8, 4) is 0 Å². The summed E-state index contributed by atoms with van der Waals surface area (Å²) in [5.41, 5.74) is 0.733. The van der Waals surface area contributed by atoms with Crippen LogP contribution in [-0.2, 0) is 9.53 Å². The van der Waals surface area contributed by atoms with Crippen LogP contribution in [0.25, 0.3) is 0 Å². The molecule has 3 fully saturated rings. The molecule has 0 aliphatic heterocycles. The molecule has 0 aromatic rings. The maximum atomic E-state index is 12.8. The van der Waals surface area contributed by atoms with Crippen molar-refractivity contribution in [3.63, 3.8) is 0 Å². The highest BCUT2D eigenvalue weighted by Gasteiger charge is 2.58. The summed E-state index contributed by atoms with van der Waals surface area (Å²) in [7, 11) is -1.71. The predicted octanol–water partition coefficient (Wildman–Crippen LogP) is 8.47. The van der Waals surface area contributed by atoms with Gasteiger partial charge in [0.1, 0.15) is 5.60 Å². The van der Waals surface area contributed by atoms with Crippen molar-refractivity contribution in [1.29, 1.82) is 0 Å². The maximum absolute atomic E-state index is 12.8. The van der Waals surface area contributed by atoms with E-state index in [1.54, 1.807) is 0 Å². The van der Waals surface area contributed by atoms with E-state index in [0.717, 1.165) is 29.8 Å². The summed E-state index contributed by atoms with van der Waals surface area (Å²) in [5, 5.41) is 11.3. The number of fused-ring (bicyclic) bond motifs is 3. The average molecular weight is 507 g/mol. The largest absolute Gasteiger partial charge is 0.460 e. The fraction of sp³-hybridized carbons (Fsp3) is 0.968. The Morgan fingerprint density at radius 1 is 0.943 bits per heavy atom. The van der Waals surface area contributed by atoms with Gasteiger partial charge in [-0.25, -0.2) is 0 Å². The summed E-state index contributed by atoms with van der Waals surface area (Å²) in [4.78, 5) is 12.8. The Bertz CT molecular complexity index is 736. The van der Waals surface area contributed by atoms with E-state index in [-0.39, 0.29) is 17.5 Å². The van der Waals surface area contributed by atoms with Gasteiger partial charge < -0.3 is 9.84 Å². The van der Waals surface area contributed by atoms with Crippen molar-refractivity contribution in [2.24, 2.45) is 40.4 Å². The van der Waals surface area contributed by atoms with E-state index in [2.05, 4.69) is 48.5 Å². The van der Waals surface area contributed by atoms with Crippen molar-refractivity contribution in [2.45, 2.75) is 150 Å². The minimum Gasteiger partial charge on any atom is -0.460 e. The van der Waals surface area contributed by atoms with Gasteiger partial charge in [-0.15, -0.1) is 0 Å². The van der Waals surface area contributed by atoms with Gasteiger partial charge in [0.15, 0.2) is 0 Å². The second-order valence-electron chi connectivity index (χ2n) is 15.0. The van der Waals surface area contributed by atoms with Gasteiger partial charge in [-0.3, -0.25) is 4.79 Å². The topological polar surface area (TPSA) is 46.5 Å². The highest BCUT2D eigenvalue weighted by Crippen LogP contribution is 2.65. The number of esters is 1. The zero-order valence-electron chi connectivity index (χ0n) is 24.9. The Morgan fingerprint density at radius 3 is 2.14 bits per heavy atom. The third-order valence-electron chi connectivity index (χ3n) is 11.8. The Hall–Kier alpha value is -0.353. The minimum atomic E-state index is -1.71. The number of carbonyl (C=O) groups is 1. The number of aliphatic hydroxyl groups is 1. The molecule has 3 aliphatic rings. The molecule has 3 aliphatic carbocycles. The van der Waals surface area contributed by atoms with Crippen LogP contribution in [0, 0.1) is 40.4 Å². The summed E-state index contributed by atoms with van der Waals surface area (Å²) in [6.07, 6.45) is 7.65. The molecule has 8 atom stereocenters. The SMILES string of the molecule is CC[Si](CC)(CCC(=O)OC(C)(C)C)C1C[C@@H](C)[C@@H]2CC[C@]3(C)C(O)CC[C@@H](C)[C@H]3C[C@H]1C2(C)C. The van der Waals surface area contributed by atoms with Crippen LogP contribution in [0.2, 0.25) is 23.7 Å². The summed E-state index contributed by atoms with van der Waals surface area (Å²) in [5.74, 6) is 3.45. The van der Waals surface area contributed by atoms with Gasteiger partial charge in [0.25, 0.3) is 0 Å². The second-order valence-corrected chi connectivity index (χ2v) is 20.3. The normalized spacial score (nSPS) is 39.8. The quantitative estimate of drug-likeness (QED) is 0.290. The van der Waals surface area contributed by atoms with Gasteiger partial charge in [0.2, 0.25) is 0 Å². The molecule has 3 saturated carbocycles. The van der Waals surface area contributed by atoms with E-state index in [4.69, 9.17) is 4.74 Å². The summed E-state index contributed by atoms with van der Waals surface area (Å²) < 4.78 is 5.75. The number of aliphatic hydroxyl groups excluding tert-OH is 1. The first-order chi connectivity index (χ1) is 16.1. The average Bonchev–Trinajstić information content (AvgIpc) is 2.74. The summed E-state index contributed by atoms with van der Waals surface area (Å²) in [6.45, 7) is 23.4. The molecule has 0 spiro atoms. The van der Waals surface area contributed by atoms with Crippen molar-refractivity contribution in [1.82, 2.24) is 0 Å². The Labute approximate surface area is 218 Å². The lowest BCUT2D eigenvalue weighted by Crippen LogP contribution is -2.57. The molecular formula is C31H58O3Si. The van der Waals surface area contributed by atoms with Crippen LogP contribution in [0.3, 0.4) is 0 Å². The third kappa shape index (κ3) is 5.59. The molecular weight excluding hydrogens is 448 g/mol. The second kappa shape index (κ2) is 10.4. The monoisotopic (exact) mass is 506 g/mol. The fourth-order valence-corrected chi connectivity index (χ4v) is 15.2. The molecule has 2 unspecified atom stereocenters. The zero-order chi connectivity index (χ0) is 26.4. The number of ether oxygens (including phenoxy) is 1. The lowest BCUT2D eigenvalue weighted by atomic mass is 9.48.